The van der Waals surface area contributed by atoms with Crippen LogP contribution in [0.5, 0.6) is 11.5 Å². The smallest absolute Gasteiger partial charge is 0.216 e. The van der Waals surface area contributed by atoms with Crippen molar-refractivity contribution in [3.63, 3.8) is 0 Å². The average molecular weight is 1940 g/mol. The molecule has 0 saturated heterocycles. The maximum absolute atomic E-state index is 13.8. The van der Waals surface area contributed by atoms with E-state index in [9.17, 15) is 27.2 Å². The van der Waals surface area contributed by atoms with Gasteiger partial charge >= 0.3 is 0 Å². The largest absolute Gasteiger partial charge is 0.483 e. The number of rotatable bonds is 8. The molecular weight excluding hydrogens is 1820 g/mol. The molecule has 0 amide bonds. The van der Waals surface area contributed by atoms with E-state index in [1.54, 1.807) is 20.1 Å². The molecule has 16 aliphatic rings. The van der Waals surface area contributed by atoms with Gasteiger partial charge in [0.1, 0.15) is 22.7 Å². The molecule has 8 aromatic rings. The third-order valence-electron chi connectivity index (χ3n) is 27.8. The molecule has 0 fully saturated rings. The van der Waals surface area contributed by atoms with Crippen LogP contribution >= 0.6 is 0 Å². The van der Waals surface area contributed by atoms with Gasteiger partial charge in [-0.1, -0.05) is 172 Å². The van der Waals surface area contributed by atoms with Crippen LogP contribution in [0.25, 0.3) is 56.7 Å². The van der Waals surface area contributed by atoms with Crippen LogP contribution in [0.2, 0.25) is 0 Å². The number of carbonyl (C=O) groups is 2. The summed E-state index contributed by atoms with van der Waals surface area (Å²) in [5.41, 5.74) is 46.4. The van der Waals surface area contributed by atoms with E-state index in [0.717, 1.165) is 211 Å². The topological polar surface area (TPSA) is 201 Å². The highest BCUT2D eigenvalue weighted by Crippen LogP contribution is 2.45. The third kappa shape index (κ3) is 24.0. The van der Waals surface area contributed by atoms with Gasteiger partial charge in [0, 0.05) is 195 Å². The highest BCUT2D eigenvalue weighted by atomic mass is 19.1. The fraction of sp³-hybridized carbons (Fsp3) is 0.254. The molecule has 14 aliphatic heterocycles. The molecular formula is C126H120F4N12O4. The van der Waals surface area contributed by atoms with Crippen molar-refractivity contribution in [3.05, 3.63) is 379 Å². The molecule has 16 nitrogen and oxygen atoms in total. The molecule has 0 aromatic heterocycles. The fourth-order valence-corrected chi connectivity index (χ4v) is 19.1. The van der Waals surface area contributed by atoms with E-state index in [1.165, 1.54) is 89.5 Å². The lowest BCUT2D eigenvalue weighted by Gasteiger charge is -2.35. The number of benzene rings is 8. The van der Waals surface area contributed by atoms with Crippen molar-refractivity contribution in [1.82, 2.24) is 0 Å². The Morgan fingerprint density at radius 1 is 0.267 bits per heavy atom. The Morgan fingerprint density at radius 2 is 0.534 bits per heavy atom. The summed E-state index contributed by atoms with van der Waals surface area (Å²) < 4.78 is 66.9. The molecule has 24 rings (SSSR count). The van der Waals surface area contributed by atoms with Crippen molar-refractivity contribution < 1.29 is 36.6 Å². The molecule has 0 radical (unpaired) electrons. The Labute approximate surface area is 853 Å². The first-order chi connectivity index (χ1) is 69.7. The van der Waals surface area contributed by atoms with Crippen molar-refractivity contribution in [2.45, 2.75) is 211 Å². The number of ketones is 2. The van der Waals surface area contributed by atoms with Gasteiger partial charge in [0.2, 0.25) is 23.8 Å². The summed E-state index contributed by atoms with van der Waals surface area (Å²) in [6.07, 6.45) is 32.0. The van der Waals surface area contributed by atoms with E-state index in [2.05, 4.69) is 219 Å². The predicted molar refractivity (Wildman–Crippen MR) is 601 cm³/mol. The maximum Gasteiger partial charge on any atom is 0.216 e. The monoisotopic (exact) mass is 1940 g/mol. The van der Waals surface area contributed by atoms with Crippen LogP contribution in [-0.2, 0) is 61.0 Å². The number of aliphatic imine (C=N–C) groups is 12. The molecule has 14 heterocycles. The molecule has 146 heavy (non-hydrogen) atoms. The van der Waals surface area contributed by atoms with Gasteiger partial charge in [-0.3, -0.25) is 39.5 Å². The van der Waals surface area contributed by atoms with Crippen LogP contribution in [-0.4, -0.2) is 92.3 Å². The molecule has 0 saturated carbocycles. The first-order valence-corrected chi connectivity index (χ1v) is 49.4. The second-order valence-electron chi connectivity index (χ2n) is 40.7. The Kier molecular flexibility index (Phi) is 30.0. The van der Waals surface area contributed by atoms with E-state index in [1.807, 2.05) is 164 Å². The molecule has 0 N–H and O–H groups in total. The number of halogens is 4. The predicted octanol–water partition coefficient (Wildman–Crippen LogP) is 31.2. The number of Topliss-reactive ketones (excluding diaryl/α,β-unsaturated/α-hetero) is 2. The average Bonchev–Trinajstić information content (AvgIpc) is 1.25. The molecule has 0 spiro atoms. The van der Waals surface area contributed by atoms with Gasteiger partial charge in [0.15, 0.2) is 11.6 Å². The Bertz CT molecular complexity index is 7550. The van der Waals surface area contributed by atoms with Crippen LogP contribution in [0.3, 0.4) is 0 Å². The Morgan fingerprint density at radius 3 is 0.870 bits per heavy atom. The van der Waals surface area contributed by atoms with Gasteiger partial charge in [-0.25, -0.2) is 30.0 Å². The van der Waals surface area contributed by atoms with E-state index >= 15 is 0 Å². The van der Waals surface area contributed by atoms with Gasteiger partial charge in [-0.05, 0) is 303 Å². The maximum atomic E-state index is 13.8. The number of fused-ring (bicyclic) bond motifs is 8. The van der Waals surface area contributed by atoms with Crippen LogP contribution < -0.4 is 9.47 Å². The number of nitrogens with zero attached hydrogens (tertiary/aromatic N) is 12. The summed E-state index contributed by atoms with van der Waals surface area (Å²) in [6.45, 7) is 51.2. The van der Waals surface area contributed by atoms with Gasteiger partial charge in [0.05, 0.1) is 34.2 Å². The van der Waals surface area contributed by atoms with Gasteiger partial charge in [0.25, 0.3) is 0 Å². The van der Waals surface area contributed by atoms with Gasteiger partial charge < -0.3 is 9.47 Å². The van der Waals surface area contributed by atoms with E-state index < -0.39 is 5.95 Å². The zero-order valence-corrected chi connectivity index (χ0v) is 85.7. The zero-order valence-electron chi connectivity index (χ0n) is 85.7. The lowest BCUT2D eigenvalue weighted by molar-refractivity contribution is -0.113. The minimum atomic E-state index is -0.412. The van der Waals surface area contributed by atoms with Crippen molar-refractivity contribution in [2.24, 2.45) is 59.9 Å². The molecule has 0 unspecified atom stereocenters. The first kappa shape index (κ1) is 102. The number of ether oxygens (including phenoxy) is 2. The zero-order chi connectivity index (χ0) is 103. The normalized spacial score (nSPS) is 18.7. The molecule has 0 atom stereocenters. The summed E-state index contributed by atoms with van der Waals surface area (Å²) in [5.74, 6) is 0.491. The summed E-state index contributed by atoms with van der Waals surface area (Å²) in [7, 11) is 0. The van der Waals surface area contributed by atoms with E-state index in [0.29, 0.717) is 72.2 Å². The SMILES string of the molecule is C=C1C=Cc2cc(C3=C(F)N=C(C)C3)ccc2C1.C=C1C=Cc2cc(C3=CN=C(C)C3)ccc2C1.C=C1C=Nc2cc(C3=C(F)N=C(C)C3)ccc2C1.C=C1C=Nc2cc(C3=CN=C(C)C3)ccc2C1.C=C1Cc2ccc(C3=C(F)N=C(C)C3)cc2OC1(C)C.C=C1Cc2ccc(C3=CN=C(C)C3)cc2OC1(C)C.CC1=NC(F)=C(c2ccc3c(c2)N=C(C)C(=O)C3)C1.CC1=NC=C(c2ccc3c(c2)N=C(C)C(=O)C3)C1. The first-order valence-electron chi connectivity index (χ1n) is 49.4. The van der Waals surface area contributed by atoms with Crippen LogP contribution in [0.15, 0.2) is 339 Å². The lowest BCUT2D eigenvalue weighted by Crippen LogP contribution is -2.35. The summed E-state index contributed by atoms with van der Waals surface area (Å²) in [5, 5.41) is 0. The molecule has 0 bridgehead atoms. The van der Waals surface area contributed by atoms with E-state index in [-0.39, 0.29) is 40.6 Å². The minimum Gasteiger partial charge on any atom is -0.483 e. The quantitative estimate of drug-likeness (QED) is 0.0828. The van der Waals surface area contributed by atoms with Crippen molar-refractivity contribution in [3.8, 4) is 11.5 Å². The van der Waals surface area contributed by atoms with Crippen molar-refractivity contribution >= 4 is 161 Å². The molecule has 20 heteroatoms. The summed E-state index contributed by atoms with van der Waals surface area (Å²) >= 11 is 0. The number of hydrogen-bond donors (Lipinski definition) is 0. The van der Waals surface area contributed by atoms with Gasteiger partial charge in [-0.2, -0.15) is 17.6 Å². The third-order valence-corrected chi connectivity index (χ3v) is 27.8. The summed E-state index contributed by atoms with van der Waals surface area (Å²) in [4.78, 5) is 73.3. The standard InChI is InChI=1S/C17H18FNO.C17H19NO.C16H14FN.C16H15N.C15H13FN2O.C15H13FN2.C15H14N2O.C15H14N2/c1-10-7-13-6-5-12(9-15(13)20-17(10,3)4)14-8-11(2)19-16(14)18;1-11-7-14-6-5-13(15-8-12(2)18-10-15)9-16(14)19-17(11,3)4;1-10-3-4-13-9-14(6-5-12(13)7-10)15-8-11(2)18-16(15)17;1-11-3-4-14-9-15(6-5-13(14)7-11)16-8-12(2)17-10-16;1-8-5-12(15(16)17-8)10-3-4-11-7-14(19)9(2)18-13(11)6-10;1-9-5-12-4-3-11(7-14(12)17-8-9)13-6-10(2)18-15(13)16;1-9-5-13(8-16-9)11-3-4-12-7-15(18)10(2)17-14(12)6-11;1-10-5-13-4-3-12(7-15(13)17-8-10)14-6-11(2)16-9-14/h5-6,9H,1,7-8H2,2-4H3;5-6,9-10H,1,7-8H2,2-4H3;3-6,9H,1,7-8H2,2H3;3-6,9-10H,1,7-8H2,2H3;3-4,6H,5,7H2,1-2H3;3-4,7-8H,1,5-6H2,2H3;3-4,6,8H,5,7H2,1-2H3;3-4,7-9H,1,5-6H2,2H3. The number of allylic oxidation sites excluding steroid dienone is 14. The lowest BCUT2D eigenvalue weighted by atomic mass is 9.88. The van der Waals surface area contributed by atoms with Crippen LogP contribution in [0, 0.1) is 0 Å². The molecule has 8 aromatic carbocycles. The second-order valence-corrected chi connectivity index (χ2v) is 40.7. The fourth-order valence-electron chi connectivity index (χ4n) is 19.1. The highest BCUT2D eigenvalue weighted by Gasteiger charge is 2.34. The second kappa shape index (κ2) is 43.1. The number of hydrogen-bond acceptors (Lipinski definition) is 16. The van der Waals surface area contributed by atoms with Crippen LogP contribution in [0.4, 0.5) is 40.3 Å². The van der Waals surface area contributed by atoms with E-state index in [4.69, 9.17) is 9.47 Å². The highest BCUT2D eigenvalue weighted by molar-refractivity contribution is 6.41. The number of carbonyl (C=O) groups excluding carboxylic acids is 2. The van der Waals surface area contributed by atoms with Crippen LogP contribution in [0.1, 0.15) is 248 Å². The Balaban J connectivity index is 0.000000114. The summed E-state index contributed by atoms with van der Waals surface area (Å²) in [6, 6.07) is 49.1. The molecule has 736 valence electrons. The molecule has 2 aliphatic carbocycles. The van der Waals surface area contributed by atoms with Crippen molar-refractivity contribution in [2.75, 3.05) is 0 Å². The van der Waals surface area contributed by atoms with Crippen molar-refractivity contribution in [1.29, 1.82) is 0 Å². The van der Waals surface area contributed by atoms with Gasteiger partial charge in [-0.15, -0.1) is 0 Å². The minimum absolute atomic E-state index is 0.0469. The Hall–Kier alpha value is -15.7.